The van der Waals surface area contributed by atoms with E-state index in [0.29, 0.717) is 17.8 Å². The van der Waals surface area contributed by atoms with Crippen LogP contribution in [0.4, 0.5) is 22.7 Å². The third-order valence-corrected chi connectivity index (χ3v) is 15.7. The van der Waals surface area contributed by atoms with E-state index >= 15 is 0 Å². The lowest BCUT2D eigenvalue weighted by Crippen LogP contribution is -2.56. The minimum Gasteiger partial charge on any atom is -0.312 e. The van der Waals surface area contributed by atoms with Gasteiger partial charge in [-0.05, 0) is 151 Å². The molecule has 0 bridgehead atoms. The number of hydrogen-bond donors (Lipinski definition) is 0. The SMILES string of the molecule is C#C/C=c1/cccc2c1=C(C)C1=C2B2c3ccc(C(C)(C)C)cc3N(C3=CC4[C@@H](C)[C@]4(C(C)(C)C)C=C3)c3cc(C4CCCCC4)cc(c32)N1c1ccc(C(C)(C)C)cc1. The monoisotopic (exact) mass is 787 g/mol. The second kappa shape index (κ2) is 13.3. The van der Waals surface area contributed by atoms with Crippen molar-refractivity contribution in [3.05, 3.63) is 135 Å². The molecule has 6 aliphatic rings. The van der Waals surface area contributed by atoms with Crippen LogP contribution >= 0.6 is 0 Å². The van der Waals surface area contributed by atoms with E-state index in [4.69, 9.17) is 6.42 Å². The molecule has 0 amide bonds. The van der Waals surface area contributed by atoms with Crippen molar-refractivity contribution < 1.29 is 0 Å². The lowest BCUT2D eigenvalue weighted by Gasteiger charge is -2.46. The molecule has 2 heterocycles. The van der Waals surface area contributed by atoms with Gasteiger partial charge in [-0.15, -0.1) is 6.42 Å². The Hall–Kier alpha value is -4.94. The fraction of sp³-hybridized carbons (Fsp3) is 0.404. The molecule has 3 heteroatoms. The van der Waals surface area contributed by atoms with Gasteiger partial charge < -0.3 is 9.80 Å². The zero-order valence-electron chi connectivity index (χ0n) is 38.1. The van der Waals surface area contributed by atoms with Gasteiger partial charge in [0.1, 0.15) is 0 Å². The van der Waals surface area contributed by atoms with Crippen LogP contribution in [-0.4, -0.2) is 6.71 Å². The van der Waals surface area contributed by atoms with Crippen LogP contribution in [0.25, 0.3) is 17.1 Å². The summed E-state index contributed by atoms with van der Waals surface area (Å²) in [5.41, 5.74) is 19.3. The Morgan fingerprint density at radius 1 is 0.783 bits per heavy atom. The molecule has 0 spiro atoms. The van der Waals surface area contributed by atoms with Crippen molar-refractivity contribution in [3.8, 4) is 12.3 Å². The molecular formula is C57H63BN2. The maximum Gasteiger partial charge on any atom is 0.252 e. The van der Waals surface area contributed by atoms with Crippen molar-refractivity contribution in [2.24, 2.45) is 22.7 Å². The highest BCUT2D eigenvalue weighted by Gasteiger charge is 2.66. The van der Waals surface area contributed by atoms with Gasteiger partial charge in [0, 0.05) is 39.6 Å². The summed E-state index contributed by atoms with van der Waals surface area (Å²) in [6.45, 7) is 26.2. The first kappa shape index (κ1) is 39.2. The van der Waals surface area contributed by atoms with Gasteiger partial charge in [0.25, 0.3) is 6.71 Å². The molecule has 2 saturated carbocycles. The number of rotatable bonds is 3. The molecular weight excluding hydrogens is 723 g/mol. The Labute approximate surface area is 361 Å². The van der Waals surface area contributed by atoms with Crippen molar-refractivity contribution in [3.63, 3.8) is 0 Å². The maximum atomic E-state index is 6.05. The molecule has 4 aromatic carbocycles. The molecule has 0 aromatic heterocycles. The molecule has 2 fully saturated rings. The van der Waals surface area contributed by atoms with Gasteiger partial charge in [-0.2, -0.15) is 0 Å². The number of terminal acetylenes is 1. The van der Waals surface area contributed by atoms with E-state index in [2.05, 4.69) is 183 Å². The van der Waals surface area contributed by atoms with Gasteiger partial charge in [-0.25, -0.2) is 0 Å². The fourth-order valence-corrected chi connectivity index (χ4v) is 12.5. The van der Waals surface area contributed by atoms with E-state index in [1.165, 1.54) is 116 Å². The van der Waals surface area contributed by atoms with Gasteiger partial charge in [-0.3, -0.25) is 0 Å². The summed E-state index contributed by atoms with van der Waals surface area (Å²) < 4.78 is 0. The number of fused-ring (bicyclic) bond motifs is 6. The first-order valence-corrected chi connectivity index (χ1v) is 22.9. The molecule has 0 N–H and O–H groups in total. The molecule has 1 unspecified atom stereocenters. The number of benzene rings is 4. The van der Waals surface area contributed by atoms with Crippen LogP contribution < -0.4 is 31.2 Å². The van der Waals surface area contributed by atoms with Crippen LogP contribution in [0.15, 0.2) is 102 Å². The average molecular weight is 787 g/mol. The summed E-state index contributed by atoms with van der Waals surface area (Å²) >= 11 is 0. The zero-order valence-corrected chi connectivity index (χ0v) is 38.1. The van der Waals surface area contributed by atoms with Crippen LogP contribution in [-0.2, 0) is 10.8 Å². The second-order valence-corrected chi connectivity index (χ2v) is 22.1. The van der Waals surface area contributed by atoms with Gasteiger partial charge in [0.15, 0.2) is 0 Å². The van der Waals surface area contributed by atoms with Gasteiger partial charge in [0.2, 0.25) is 0 Å². The average Bonchev–Trinajstić information content (AvgIpc) is 3.72. The molecule has 0 radical (unpaired) electrons. The van der Waals surface area contributed by atoms with Crippen molar-refractivity contribution in [1.82, 2.24) is 0 Å². The normalized spacial score (nSPS) is 23.5. The zero-order chi connectivity index (χ0) is 42.3. The van der Waals surface area contributed by atoms with E-state index in [9.17, 15) is 0 Å². The lowest BCUT2D eigenvalue weighted by molar-refractivity contribution is 0.241. The second-order valence-electron chi connectivity index (χ2n) is 22.1. The highest BCUT2D eigenvalue weighted by atomic mass is 15.2. The summed E-state index contributed by atoms with van der Waals surface area (Å²) in [4.78, 5) is 5.37. The van der Waals surface area contributed by atoms with E-state index < -0.39 is 0 Å². The van der Waals surface area contributed by atoms with Crippen molar-refractivity contribution in [2.45, 2.75) is 125 Å². The van der Waals surface area contributed by atoms with Crippen LogP contribution in [0.5, 0.6) is 0 Å². The third-order valence-electron chi connectivity index (χ3n) is 15.7. The molecule has 4 aliphatic carbocycles. The van der Waals surface area contributed by atoms with Gasteiger partial charge >= 0.3 is 0 Å². The van der Waals surface area contributed by atoms with E-state index in [1.54, 1.807) is 0 Å². The highest BCUT2D eigenvalue weighted by molar-refractivity contribution is 7.03. The van der Waals surface area contributed by atoms with Crippen molar-refractivity contribution >= 4 is 57.5 Å². The minimum absolute atomic E-state index is 0.00342. The van der Waals surface area contributed by atoms with E-state index in [0.717, 1.165) is 5.22 Å². The molecule has 2 aliphatic heterocycles. The smallest absolute Gasteiger partial charge is 0.252 e. The Morgan fingerprint density at radius 2 is 1.45 bits per heavy atom. The van der Waals surface area contributed by atoms with E-state index in [-0.39, 0.29) is 28.4 Å². The first-order valence-electron chi connectivity index (χ1n) is 22.9. The molecule has 3 atom stereocenters. The predicted octanol–water partition coefficient (Wildman–Crippen LogP) is 11.8. The topological polar surface area (TPSA) is 6.48 Å². The summed E-state index contributed by atoms with van der Waals surface area (Å²) in [5, 5.41) is 2.39. The molecule has 4 aromatic rings. The van der Waals surface area contributed by atoms with Gasteiger partial charge in [0.05, 0.1) is 0 Å². The lowest BCUT2D eigenvalue weighted by atomic mass is 9.32. The Kier molecular flexibility index (Phi) is 8.68. The van der Waals surface area contributed by atoms with Crippen LogP contribution in [0.3, 0.4) is 0 Å². The van der Waals surface area contributed by atoms with Crippen LogP contribution in [0.1, 0.15) is 136 Å². The quantitative estimate of drug-likeness (QED) is 0.151. The van der Waals surface area contributed by atoms with Crippen LogP contribution in [0.2, 0.25) is 0 Å². The molecule has 2 nitrogen and oxygen atoms in total. The maximum absolute atomic E-state index is 6.05. The number of allylic oxidation sites excluding steroid dienone is 4. The highest BCUT2D eigenvalue weighted by Crippen LogP contribution is 2.71. The fourth-order valence-electron chi connectivity index (χ4n) is 12.5. The van der Waals surface area contributed by atoms with Gasteiger partial charge in [-0.1, -0.05) is 149 Å². The molecule has 10 rings (SSSR count). The standard InChI is InChI=1S/C57H63BN2/c1-13-18-38-21-17-22-44-50(38)35(2)53-51(44)58-46-28-25-41(55(7,8)9)33-47(46)59(43-29-30-57(56(10,11)12)36(3)45(57)34-43)48-31-39(37-19-15-14-16-20-37)32-49(52(48)58)60(53)42-26-23-40(24-27-42)54(4,5)6/h1,17-18,21-34,36-37,45H,14-16,19-20H2,2-12H3/b38-18-/t36-,45?,57-/m1/s1. The Morgan fingerprint density at radius 3 is 2.08 bits per heavy atom. The summed E-state index contributed by atoms with van der Waals surface area (Å²) in [7, 11) is 0. The summed E-state index contributed by atoms with van der Waals surface area (Å²) in [6, 6.07) is 29.0. The predicted molar refractivity (Wildman–Crippen MR) is 259 cm³/mol. The van der Waals surface area contributed by atoms with Crippen molar-refractivity contribution in [2.75, 3.05) is 9.80 Å². The number of anilines is 4. The number of hydrogen-bond acceptors (Lipinski definition) is 2. The molecule has 60 heavy (non-hydrogen) atoms. The summed E-state index contributed by atoms with van der Waals surface area (Å²) in [6.07, 6.45) is 22.2. The Balaban J connectivity index is 1.31. The molecule has 304 valence electrons. The number of nitrogens with zero attached hydrogens (tertiary/aromatic N) is 2. The third kappa shape index (κ3) is 5.61. The van der Waals surface area contributed by atoms with Crippen molar-refractivity contribution in [1.29, 1.82) is 0 Å². The summed E-state index contributed by atoms with van der Waals surface area (Å²) in [5.74, 6) is 4.55. The first-order chi connectivity index (χ1) is 28.5. The van der Waals surface area contributed by atoms with Crippen LogP contribution in [0, 0.1) is 35.0 Å². The Bertz CT molecular complexity index is 2740. The molecule has 0 saturated heterocycles. The minimum atomic E-state index is -0.00342. The largest absolute Gasteiger partial charge is 0.312 e. The van der Waals surface area contributed by atoms with E-state index in [1.807, 2.05) is 6.08 Å².